The lowest BCUT2D eigenvalue weighted by Crippen LogP contribution is -2.45. The smallest absolute Gasteiger partial charge is 0.287 e. The van der Waals surface area contributed by atoms with E-state index in [1.54, 1.807) is 0 Å². The number of pyridine rings is 1. The third-order valence-corrected chi connectivity index (χ3v) is 9.52. The Bertz CT molecular complexity index is 1990. The van der Waals surface area contributed by atoms with E-state index >= 15 is 0 Å². The molecule has 0 N–H and O–H groups in total. The number of imidazole rings is 1. The number of benzene rings is 4. The summed E-state index contributed by atoms with van der Waals surface area (Å²) in [6.45, 7) is 0. The highest BCUT2D eigenvalue weighted by molar-refractivity contribution is 7.13. The molecule has 1 fully saturated rings. The molecule has 3 aromatic heterocycles. The second-order valence-electron chi connectivity index (χ2n) is 11.0. The van der Waals surface area contributed by atoms with Crippen molar-refractivity contribution in [3.05, 3.63) is 155 Å². The largest absolute Gasteiger partial charge is 0.331 e. The molecule has 0 amide bonds. The van der Waals surface area contributed by atoms with Crippen LogP contribution in [0.3, 0.4) is 0 Å². The lowest BCUT2D eigenvalue weighted by atomic mass is 9.76. The minimum atomic E-state index is -0.926. The SMILES string of the molecule is O=c1n(C2CCC2)c2cc(-c3ccc4cnsc4c3)cnc2n1C(c1ccccc1)(c1ccccc1)c1ccccc1. The summed E-state index contributed by atoms with van der Waals surface area (Å²) < 4.78 is 9.46. The van der Waals surface area contributed by atoms with Crippen molar-refractivity contribution in [2.45, 2.75) is 30.8 Å². The Kier molecular flexibility index (Phi) is 5.90. The van der Waals surface area contributed by atoms with Crippen molar-refractivity contribution < 1.29 is 0 Å². The van der Waals surface area contributed by atoms with E-state index in [0.717, 1.165) is 62.7 Å². The van der Waals surface area contributed by atoms with Crippen LogP contribution in [0.4, 0.5) is 0 Å². The summed E-state index contributed by atoms with van der Waals surface area (Å²) >= 11 is 1.49. The molecule has 0 bridgehead atoms. The first-order valence-corrected chi connectivity index (χ1v) is 15.2. The van der Waals surface area contributed by atoms with Crippen LogP contribution in [0, 0.1) is 0 Å². The predicted octanol–water partition coefficient (Wildman–Crippen LogP) is 8.04. The van der Waals surface area contributed by atoms with Crippen LogP contribution in [0.5, 0.6) is 0 Å². The standard InChI is InChI=1S/C36H28N4OS/c41-35-39(31-17-10-18-31)32-21-27(25-19-20-26-24-38-42-33(26)22-25)23-37-34(32)40(35)36(28-11-4-1-5-12-28,29-13-6-2-7-14-29)30-15-8-3-9-16-30/h1-9,11-16,19-24,31H,10,17-18H2. The Hall–Kier alpha value is -4.81. The van der Waals surface area contributed by atoms with Crippen molar-refractivity contribution >= 4 is 32.8 Å². The van der Waals surface area contributed by atoms with Gasteiger partial charge in [-0.05, 0) is 65.2 Å². The maximum absolute atomic E-state index is 15.0. The van der Waals surface area contributed by atoms with Crippen molar-refractivity contribution in [3.8, 4) is 11.1 Å². The minimum Gasteiger partial charge on any atom is -0.287 e. The van der Waals surface area contributed by atoms with Crippen LogP contribution >= 0.6 is 11.5 Å². The minimum absolute atomic E-state index is 0.0335. The first-order chi connectivity index (χ1) is 20.7. The van der Waals surface area contributed by atoms with Crippen LogP contribution in [0.2, 0.25) is 0 Å². The zero-order valence-electron chi connectivity index (χ0n) is 22.9. The van der Waals surface area contributed by atoms with Gasteiger partial charge in [0.15, 0.2) is 5.65 Å². The molecule has 5 nitrogen and oxygen atoms in total. The molecule has 0 spiro atoms. The van der Waals surface area contributed by atoms with Gasteiger partial charge in [-0.3, -0.25) is 9.13 Å². The van der Waals surface area contributed by atoms with Gasteiger partial charge in [-0.2, -0.15) is 4.37 Å². The van der Waals surface area contributed by atoms with Crippen LogP contribution < -0.4 is 5.69 Å². The van der Waals surface area contributed by atoms with E-state index in [2.05, 4.69) is 65.0 Å². The van der Waals surface area contributed by atoms with Crippen LogP contribution in [0.1, 0.15) is 42.0 Å². The van der Waals surface area contributed by atoms with Gasteiger partial charge in [0.05, 0.1) is 10.2 Å². The van der Waals surface area contributed by atoms with E-state index in [1.165, 1.54) is 11.5 Å². The van der Waals surface area contributed by atoms with Gasteiger partial charge in [0.1, 0.15) is 5.54 Å². The molecule has 42 heavy (non-hydrogen) atoms. The van der Waals surface area contributed by atoms with Crippen molar-refractivity contribution in [2.75, 3.05) is 0 Å². The van der Waals surface area contributed by atoms with Gasteiger partial charge >= 0.3 is 5.69 Å². The van der Waals surface area contributed by atoms with Crippen molar-refractivity contribution in [1.29, 1.82) is 0 Å². The van der Waals surface area contributed by atoms with Gasteiger partial charge in [0, 0.05) is 29.4 Å². The molecule has 204 valence electrons. The van der Waals surface area contributed by atoms with Crippen molar-refractivity contribution in [1.82, 2.24) is 18.5 Å². The summed E-state index contributed by atoms with van der Waals surface area (Å²) in [6.07, 6.45) is 6.92. The maximum Gasteiger partial charge on any atom is 0.331 e. The molecule has 8 rings (SSSR count). The first-order valence-electron chi connectivity index (χ1n) is 14.4. The Morgan fingerprint density at radius 3 is 1.90 bits per heavy atom. The monoisotopic (exact) mass is 564 g/mol. The summed E-state index contributed by atoms with van der Waals surface area (Å²) in [5.41, 5.74) is 5.70. The van der Waals surface area contributed by atoms with E-state index in [4.69, 9.17) is 4.98 Å². The van der Waals surface area contributed by atoms with Crippen molar-refractivity contribution in [3.63, 3.8) is 0 Å². The Morgan fingerprint density at radius 2 is 1.33 bits per heavy atom. The van der Waals surface area contributed by atoms with Gasteiger partial charge in [0.25, 0.3) is 0 Å². The fraction of sp³-hybridized carbons (Fsp3) is 0.139. The third kappa shape index (κ3) is 3.72. The van der Waals surface area contributed by atoms with Gasteiger partial charge in [-0.1, -0.05) is 103 Å². The number of hydrogen-bond donors (Lipinski definition) is 0. The topological polar surface area (TPSA) is 52.7 Å². The summed E-state index contributed by atoms with van der Waals surface area (Å²) in [6, 6.07) is 39.8. The molecule has 0 unspecified atom stereocenters. The second kappa shape index (κ2) is 9.93. The van der Waals surface area contributed by atoms with Gasteiger partial charge < -0.3 is 0 Å². The Balaban J connectivity index is 1.48. The van der Waals surface area contributed by atoms with E-state index in [9.17, 15) is 4.79 Å². The summed E-state index contributed by atoms with van der Waals surface area (Å²) in [7, 11) is 0. The van der Waals surface area contributed by atoms with E-state index < -0.39 is 5.54 Å². The number of rotatable bonds is 6. The summed E-state index contributed by atoms with van der Waals surface area (Å²) in [4.78, 5) is 20.1. The molecule has 0 aliphatic heterocycles. The Morgan fingerprint density at radius 1 is 0.714 bits per heavy atom. The van der Waals surface area contributed by atoms with Crippen LogP contribution in [0.15, 0.2) is 132 Å². The molecule has 1 aliphatic rings. The zero-order valence-corrected chi connectivity index (χ0v) is 23.7. The average Bonchev–Trinajstić information content (AvgIpc) is 3.61. The van der Waals surface area contributed by atoms with Gasteiger partial charge in [-0.15, -0.1) is 0 Å². The molecule has 7 aromatic rings. The molecular formula is C36H28N4OS. The number of fused-ring (bicyclic) bond motifs is 2. The quantitative estimate of drug-likeness (QED) is 0.192. The van der Waals surface area contributed by atoms with Gasteiger partial charge in [-0.25, -0.2) is 9.78 Å². The highest BCUT2D eigenvalue weighted by Gasteiger charge is 2.43. The molecular weight excluding hydrogens is 536 g/mol. The number of hydrogen-bond acceptors (Lipinski definition) is 4. The highest BCUT2D eigenvalue weighted by atomic mass is 32.1. The summed E-state index contributed by atoms with van der Waals surface area (Å²) in [5.74, 6) is 0. The Labute approximate surface area is 247 Å². The third-order valence-electron chi connectivity index (χ3n) is 8.76. The second-order valence-corrected chi connectivity index (χ2v) is 11.9. The van der Waals surface area contributed by atoms with E-state index in [1.807, 2.05) is 76.1 Å². The molecule has 0 radical (unpaired) electrons. The number of nitrogens with zero attached hydrogens (tertiary/aromatic N) is 4. The molecule has 0 saturated heterocycles. The molecule has 4 aromatic carbocycles. The van der Waals surface area contributed by atoms with E-state index in [0.29, 0.717) is 5.65 Å². The predicted molar refractivity (Wildman–Crippen MR) is 170 cm³/mol. The van der Waals surface area contributed by atoms with Crippen LogP contribution in [-0.4, -0.2) is 18.5 Å². The zero-order chi connectivity index (χ0) is 28.1. The highest BCUT2D eigenvalue weighted by Crippen LogP contribution is 2.43. The van der Waals surface area contributed by atoms with E-state index in [-0.39, 0.29) is 11.7 Å². The first kappa shape index (κ1) is 24.9. The van der Waals surface area contributed by atoms with Crippen molar-refractivity contribution in [2.24, 2.45) is 0 Å². The maximum atomic E-state index is 15.0. The molecule has 1 saturated carbocycles. The van der Waals surface area contributed by atoms with Crippen LogP contribution in [0.25, 0.3) is 32.4 Å². The number of aromatic nitrogens is 4. The lowest BCUT2D eigenvalue weighted by Gasteiger charge is -2.37. The molecule has 1 aliphatic carbocycles. The fourth-order valence-corrected chi connectivity index (χ4v) is 7.21. The fourth-order valence-electron chi connectivity index (χ4n) is 6.52. The molecule has 0 atom stereocenters. The normalized spacial score (nSPS) is 13.9. The molecule has 6 heteroatoms. The molecule has 3 heterocycles. The van der Waals surface area contributed by atoms with Crippen LogP contribution in [-0.2, 0) is 5.54 Å². The van der Waals surface area contributed by atoms with Gasteiger partial charge in [0.2, 0.25) is 0 Å². The lowest BCUT2D eigenvalue weighted by molar-refractivity contribution is 0.307. The summed E-state index contributed by atoms with van der Waals surface area (Å²) in [5, 5.41) is 1.13. The average molecular weight is 565 g/mol.